The molecule has 2 rings (SSSR count). The van der Waals surface area contributed by atoms with Crippen LogP contribution in [0.2, 0.25) is 0 Å². The first-order chi connectivity index (χ1) is 6.24. The van der Waals surface area contributed by atoms with Gasteiger partial charge < -0.3 is 12.6 Å². The van der Waals surface area contributed by atoms with Gasteiger partial charge in [0.05, 0.1) is 6.54 Å². The largest absolute Gasteiger partial charge is 0.706 e. The number of aryl methyl sites for hydroxylation is 1. The van der Waals surface area contributed by atoms with Crippen LogP contribution in [0.1, 0.15) is 6.92 Å². The van der Waals surface area contributed by atoms with E-state index in [0.29, 0.717) is 11.7 Å². The van der Waals surface area contributed by atoms with Gasteiger partial charge in [0.2, 0.25) is 0 Å². The number of aromatic nitrogens is 4. The number of fused-ring (bicyclic) bond motifs is 1. The molecule has 0 aliphatic heterocycles. The first-order valence-corrected chi connectivity index (χ1v) is 4.96. The minimum Gasteiger partial charge on any atom is -0.706 e. The average Bonchev–Trinajstić information content (AvgIpc) is 2.53. The Morgan fingerprint density at radius 2 is 2.54 bits per heavy atom. The van der Waals surface area contributed by atoms with Crippen molar-refractivity contribution in [3.63, 3.8) is 0 Å². The molecule has 0 bridgehead atoms. The summed E-state index contributed by atoms with van der Waals surface area (Å²) in [5.74, 6) is 0. The van der Waals surface area contributed by atoms with Crippen molar-refractivity contribution in [1.82, 2.24) is 14.6 Å². The lowest BCUT2D eigenvalue weighted by Gasteiger charge is -2.04. The summed E-state index contributed by atoms with van der Waals surface area (Å²) in [4.78, 5) is 15.6. The number of nitrogens with zero attached hydrogens (tertiary/aromatic N) is 4. The van der Waals surface area contributed by atoms with Gasteiger partial charge in [-0.1, -0.05) is 14.6 Å². The monoisotopic (exact) mass is 214 g/mol. The number of hydrogen-bond acceptors (Lipinski definition) is 5. The highest BCUT2D eigenvalue weighted by Crippen LogP contribution is 2.00. The molecule has 0 aromatic carbocycles. The van der Waals surface area contributed by atoms with E-state index in [1.807, 2.05) is 6.92 Å². The van der Waals surface area contributed by atoms with E-state index in [4.69, 9.17) is 12.6 Å². The van der Waals surface area contributed by atoms with Gasteiger partial charge in [-0.05, 0) is 18.3 Å². The highest BCUT2D eigenvalue weighted by Gasteiger charge is 2.12. The molecule has 0 atom stereocenters. The topological polar surface area (TPSA) is 51.1 Å². The van der Waals surface area contributed by atoms with E-state index < -0.39 is 5.69 Å². The van der Waals surface area contributed by atoms with Gasteiger partial charge in [-0.25, -0.2) is 9.36 Å². The maximum Gasteiger partial charge on any atom is 0.502 e. The molecular formula is C6H6N4OS2. The third kappa shape index (κ3) is 1.20. The fourth-order valence-corrected chi connectivity index (χ4v) is 2.22. The summed E-state index contributed by atoms with van der Waals surface area (Å²) >= 11 is 6.32. The van der Waals surface area contributed by atoms with E-state index in [0.717, 1.165) is 4.96 Å². The lowest BCUT2D eigenvalue weighted by molar-refractivity contribution is -0.710. The third-order valence-corrected chi connectivity index (χ3v) is 2.77. The second-order valence-corrected chi connectivity index (χ2v) is 3.53. The summed E-state index contributed by atoms with van der Waals surface area (Å²) in [6, 6.07) is 0. The van der Waals surface area contributed by atoms with E-state index in [9.17, 15) is 4.79 Å². The maximum atomic E-state index is 11.2. The zero-order valence-corrected chi connectivity index (χ0v) is 8.43. The lowest BCUT2D eigenvalue weighted by atomic mass is 10.7. The van der Waals surface area contributed by atoms with Crippen molar-refractivity contribution < 1.29 is 4.57 Å². The normalized spacial score (nSPS) is 10.8. The first-order valence-electron chi connectivity index (χ1n) is 3.67. The molecule has 0 fully saturated rings. The molecule has 5 nitrogen and oxygen atoms in total. The van der Waals surface area contributed by atoms with Gasteiger partial charge in [0.25, 0.3) is 0 Å². The summed E-state index contributed by atoms with van der Waals surface area (Å²) in [6.07, 6.45) is 0. The van der Waals surface area contributed by atoms with Gasteiger partial charge in [0.1, 0.15) is 10.7 Å². The number of hydrogen-bond donors (Lipinski definition) is 0. The van der Waals surface area contributed by atoms with Crippen LogP contribution in [-0.2, 0) is 19.2 Å². The zero-order valence-electron chi connectivity index (χ0n) is 6.80. The van der Waals surface area contributed by atoms with E-state index in [1.165, 1.54) is 15.9 Å². The summed E-state index contributed by atoms with van der Waals surface area (Å²) in [5.41, 5.74) is 1.19. The van der Waals surface area contributed by atoms with E-state index >= 15 is 0 Å². The van der Waals surface area contributed by atoms with Gasteiger partial charge in [-0.2, -0.15) is 0 Å². The van der Waals surface area contributed by atoms with Gasteiger partial charge in [0.15, 0.2) is 0 Å². The van der Waals surface area contributed by atoms with Gasteiger partial charge in [0, 0.05) is 0 Å². The van der Waals surface area contributed by atoms with Crippen molar-refractivity contribution in [1.29, 1.82) is 0 Å². The quantitative estimate of drug-likeness (QED) is 0.468. The van der Waals surface area contributed by atoms with Crippen molar-refractivity contribution in [3.05, 3.63) is 16.0 Å². The molecule has 2 aromatic rings. The second kappa shape index (κ2) is 3.00. The molecule has 2 aromatic heterocycles. The maximum absolute atomic E-state index is 11.2. The predicted octanol–water partition coefficient (Wildman–Crippen LogP) is -0.636. The molecule has 68 valence electrons. The standard InChI is InChI=1S/C6H6N4OS2/c1-2-9-5(12)8-4(11)10-6(9)13-3-7-10/h3H,2H2,1H3. The molecular weight excluding hydrogens is 208 g/mol. The Morgan fingerprint density at radius 3 is 3.23 bits per heavy atom. The fourth-order valence-electron chi connectivity index (χ4n) is 1.07. The van der Waals surface area contributed by atoms with Crippen LogP contribution in [0.5, 0.6) is 0 Å². The zero-order chi connectivity index (χ0) is 9.42. The summed E-state index contributed by atoms with van der Waals surface area (Å²) in [7, 11) is 0. The summed E-state index contributed by atoms with van der Waals surface area (Å²) in [5, 5.41) is 4.18. The fraction of sp³-hybridized carbons (Fsp3) is 0.333. The molecule has 13 heavy (non-hydrogen) atoms. The van der Waals surface area contributed by atoms with Crippen LogP contribution in [-0.4, -0.2) is 14.6 Å². The molecule has 0 unspecified atom stereocenters. The number of rotatable bonds is 1. The van der Waals surface area contributed by atoms with Crippen LogP contribution >= 0.6 is 11.3 Å². The van der Waals surface area contributed by atoms with Crippen molar-refractivity contribution in [2.75, 3.05) is 0 Å². The predicted molar refractivity (Wildman–Crippen MR) is 48.6 cm³/mol. The SMILES string of the molecule is CC[n+]1c([S-])nc(=O)n2ncsc21. The molecule has 0 N–H and O–H groups in total. The van der Waals surface area contributed by atoms with Crippen LogP contribution in [0.25, 0.3) is 4.96 Å². The summed E-state index contributed by atoms with van der Waals surface area (Å²) < 4.78 is 3.03. The second-order valence-electron chi connectivity index (χ2n) is 2.35. The molecule has 0 radical (unpaired) electrons. The molecule has 0 amide bonds. The molecule has 0 aliphatic rings. The van der Waals surface area contributed by atoms with Crippen molar-refractivity contribution >= 4 is 28.9 Å². The highest BCUT2D eigenvalue weighted by atomic mass is 32.1. The van der Waals surface area contributed by atoms with Gasteiger partial charge >= 0.3 is 10.7 Å². The minimum absolute atomic E-state index is 0.316. The molecule has 0 aliphatic carbocycles. The van der Waals surface area contributed by atoms with Crippen LogP contribution in [0.3, 0.4) is 0 Å². The minimum atomic E-state index is -0.411. The Morgan fingerprint density at radius 1 is 1.77 bits per heavy atom. The van der Waals surface area contributed by atoms with Crippen molar-refractivity contribution in [2.45, 2.75) is 18.6 Å². The van der Waals surface area contributed by atoms with Crippen molar-refractivity contribution in [2.24, 2.45) is 0 Å². The van der Waals surface area contributed by atoms with Gasteiger partial charge in [-0.3, -0.25) is 0 Å². The van der Waals surface area contributed by atoms with E-state index in [1.54, 1.807) is 10.1 Å². The first kappa shape index (κ1) is 8.52. The van der Waals surface area contributed by atoms with Crippen LogP contribution in [0, 0.1) is 0 Å². The Bertz CT molecular complexity index is 503. The lowest BCUT2D eigenvalue weighted by Crippen LogP contribution is -2.42. The van der Waals surface area contributed by atoms with Crippen molar-refractivity contribution in [3.8, 4) is 0 Å². The smallest absolute Gasteiger partial charge is 0.502 e. The van der Waals surface area contributed by atoms with E-state index in [2.05, 4.69) is 10.1 Å². The third-order valence-electron chi connectivity index (χ3n) is 1.65. The molecule has 7 heteroatoms. The Balaban J connectivity index is 2.97. The summed E-state index contributed by atoms with van der Waals surface area (Å²) in [6.45, 7) is 2.64. The van der Waals surface area contributed by atoms with E-state index in [-0.39, 0.29) is 0 Å². The van der Waals surface area contributed by atoms with Crippen LogP contribution in [0.15, 0.2) is 15.5 Å². The van der Waals surface area contributed by atoms with Crippen LogP contribution in [0.4, 0.5) is 0 Å². The Hall–Kier alpha value is -1.08. The highest BCUT2D eigenvalue weighted by molar-refractivity contribution is 7.58. The molecule has 0 saturated heterocycles. The average molecular weight is 214 g/mol. The molecule has 2 heterocycles. The molecule has 0 spiro atoms. The molecule has 0 saturated carbocycles. The Labute approximate surface area is 83.1 Å². The Kier molecular flexibility index (Phi) is 1.97. The van der Waals surface area contributed by atoms with Gasteiger partial charge in [-0.15, -0.1) is 0 Å². The van der Waals surface area contributed by atoms with Crippen LogP contribution < -0.4 is 10.3 Å².